The van der Waals surface area contributed by atoms with E-state index in [4.69, 9.17) is 0 Å². The zero-order valence-electron chi connectivity index (χ0n) is 10.2. The van der Waals surface area contributed by atoms with Crippen LogP contribution in [0.25, 0.3) is 0 Å². The number of anilines is 1. The third-order valence-electron chi connectivity index (χ3n) is 2.81. The summed E-state index contributed by atoms with van der Waals surface area (Å²) in [5, 5.41) is 2.92. The fourth-order valence-electron chi connectivity index (χ4n) is 1.66. The first-order valence-electron chi connectivity index (χ1n) is 5.71. The van der Waals surface area contributed by atoms with Crippen molar-refractivity contribution in [2.24, 2.45) is 0 Å². The van der Waals surface area contributed by atoms with Crippen molar-refractivity contribution in [3.05, 3.63) is 59.3 Å². The van der Waals surface area contributed by atoms with Crippen molar-refractivity contribution in [3.63, 3.8) is 0 Å². The van der Waals surface area contributed by atoms with Gasteiger partial charge in [-0.2, -0.15) is 0 Å². The first-order valence-corrected chi connectivity index (χ1v) is 5.71. The average Bonchev–Trinajstić information content (AvgIpc) is 2.35. The van der Waals surface area contributed by atoms with Gasteiger partial charge in [0.2, 0.25) is 0 Å². The number of nitrogens with one attached hydrogen (secondary N) is 1. The Morgan fingerprint density at radius 2 is 1.94 bits per heavy atom. The normalized spacial score (nSPS) is 12.2. The Labute approximate surface area is 105 Å². The van der Waals surface area contributed by atoms with Crippen LogP contribution in [0.3, 0.4) is 0 Å². The van der Waals surface area contributed by atoms with Gasteiger partial charge in [0.1, 0.15) is 5.82 Å². The van der Waals surface area contributed by atoms with Crippen molar-refractivity contribution in [1.29, 1.82) is 0 Å². The molecule has 2 aromatic rings. The molecule has 94 valence electrons. The molecular formula is C14H14F2N2. The van der Waals surface area contributed by atoms with Gasteiger partial charge in [-0.15, -0.1) is 0 Å². The van der Waals surface area contributed by atoms with Crippen molar-refractivity contribution in [1.82, 2.24) is 4.98 Å². The molecule has 0 aliphatic carbocycles. The number of nitrogens with zero attached hydrogens (tertiary/aromatic N) is 1. The van der Waals surface area contributed by atoms with Crippen molar-refractivity contribution in [2.75, 3.05) is 5.32 Å². The minimum Gasteiger partial charge on any atom is -0.361 e. The van der Waals surface area contributed by atoms with Crippen molar-refractivity contribution in [2.45, 2.75) is 19.9 Å². The number of pyridine rings is 1. The van der Waals surface area contributed by atoms with Crippen LogP contribution in [0.15, 0.2) is 36.5 Å². The molecule has 1 unspecified atom stereocenters. The minimum atomic E-state index is -0.420. The van der Waals surface area contributed by atoms with E-state index >= 15 is 0 Å². The van der Waals surface area contributed by atoms with Gasteiger partial charge >= 0.3 is 0 Å². The molecule has 0 aliphatic heterocycles. The second kappa shape index (κ2) is 5.12. The average molecular weight is 248 g/mol. The van der Waals surface area contributed by atoms with Gasteiger partial charge in [0.25, 0.3) is 0 Å². The lowest BCUT2D eigenvalue weighted by Crippen LogP contribution is -2.09. The first-order chi connectivity index (χ1) is 8.58. The van der Waals surface area contributed by atoms with Crippen LogP contribution in [0.1, 0.15) is 24.1 Å². The molecule has 1 atom stereocenters. The molecule has 2 rings (SSSR count). The van der Waals surface area contributed by atoms with Crippen LogP contribution in [-0.2, 0) is 0 Å². The van der Waals surface area contributed by atoms with Crippen LogP contribution in [-0.4, -0.2) is 4.98 Å². The molecule has 0 radical (unpaired) electrons. The number of aryl methyl sites for hydroxylation is 1. The zero-order chi connectivity index (χ0) is 13.1. The summed E-state index contributed by atoms with van der Waals surface area (Å²) in [6.07, 6.45) is 1.51. The number of halogens is 2. The zero-order valence-corrected chi connectivity index (χ0v) is 10.2. The summed E-state index contributed by atoms with van der Waals surface area (Å²) in [4.78, 5) is 3.90. The summed E-state index contributed by atoms with van der Waals surface area (Å²) in [7, 11) is 0. The van der Waals surface area contributed by atoms with Gasteiger partial charge in [-0.1, -0.05) is 12.1 Å². The topological polar surface area (TPSA) is 24.9 Å². The Kier molecular flexibility index (Phi) is 3.55. The van der Waals surface area contributed by atoms with E-state index in [1.165, 1.54) is 24.4 Å². The van der Waals surface area contributed by atoms with Gasteiger partial charge < -0.3 is 5.32 Å². The third kappa shape index (κ3) is 2.64. The van der Waals surface area contributed by atoms with E-state index in [0.717, 1.165) is 5.56 Å². The molecule has 18 heavy (non-hydrogen) atoms. The van der Waals surface area contributed by atoms with E-state index in [2.05, 4.69) is 10.3 Å². The molecule has 1 aromatic carbocycles. The standard InChI is InChI=1S/C14H14F2N2/c1-9-5-6-11(8-13(9)16)10(2)18-14-12(15)4-3-7-17-14/h3-8,10H,1-2H3,(H,17,18). The van der Waals surface area contributed by atoms with Crippen molar-refractivity contribution in [3.8, 4) is 0 Å². The lowest BCUT2D eigenvalue weighted by Gasteiger charge is -2.15. The minimum absolute atomic E-state index is 0.172. The lowest BCUT2D eigenvalue weighted by atomic mass is 10.1. The summed E-state index contributed by atoms with van der Waals surface area (Å²) in [5.74, 6) is -0.509. The van der Waals surface area contributed by atoms with Gasteiger partial charge in [0.15, 0.2) is 11.6 Å². The molecule has 0 aliphatic rings. The highest BCUT2D eigenvalue weighted by Gasteiger charge is 2.10. The van der Waals surface area contributed by atoms with E-state index in [9.17, 15) is 8.78 Å². The van der Waals surface area contributed by atoms with Crippen molar-refractivity contribution >= 4 is 5.82 Å². The summed E-state index contributed by atoms with van der Waals surface area (Å²) in [6.45, 7) is 3.54. The molecule has 2 nitrogen and oxygen atoms in total. The molecule has 0 fully saturated rings. The van der Waals surface area contributed by atoms with Crippen molar-refractivity contribution < 1.29 is 8.78 Å². The van der Waals surface area contributed by atoms with Crippen LogP contribution in [0.2, 0.25) is 0 Å². The quantitative estimate of drug-likeness (QED) is 0.892. The Bertz CT molecular complexity index is 555. The van der Waals surface area contributed by atoms with E-state index in [-0.39, 0.29) is 17.7 Å². The van der Waals surface area contributed by atoms with Crippen LogP contribution in [0.5, 0.6) is 0 Å². The molecule has 4 heteroatoms. The monoisotopic (exact) mass is 248 g/mol. The second-order valence-electron chi connectivity index (χ2n) is 4.21. The molecule has 0 saturated heterocycles. The Morgan fingerprint density at radius 3 is 2.61 bits per heavy atom. The molecule has 1 aromatic heterocycles. The Morgan fingerprint density at radius 1 is 1.17 bits per heavy atom. The predicted molar refractivity (Wildman–Crippen MR) is 67.4 cm³/mol. The van der Waals surface area contributed by atoms with Crippen LogP contribution < -0.4 is 5.32 Å². The number of hydrogen-bond acceptors (Lipinski definition) is 2. The lowest BCUT2D eigenvalue weighted by molar-refractivity contribution is 0.612. The van der Waals surface area contributed by atoms with E-state index < -0.39 is 5.82 Å². The maximum atomic E-state index is 13.4. The number of hydrogen-bond donors (Lipinski definition) is 1. The summed E-state index contributed by atoms with van der Waals surface area (Å²) < 4.78 is 26.9. The SMILES string of the molecule is Cc1ccc(C(C)Nc2ncccc2F)cc1F. The van der Waals surface area contributed by atoms with Crippen LogP contribution >= 0.6 is 0 Å². The second-order valence-corrected chi connectivity index (χ2v) is 4.21. The Balaban J connectivity index is 2.19. The highest BCUT2D eigenvalue weighted by molar-refractivity contribution is 5.39. The number of rotatable bonds is 3. The predicted octanol–water partition coefficient (Wildman–Crippen LogP) is 3.84. The molecule has 0 saturated carbocycles. The molecule has 0 bridgehead atoms. The fraction of sp³-hybridized carbons (Fsp3) is 0.214. The third-order valence-corrected chi connectivity index (χ3v) is 2.81. The van der Waals surface area contributed by atoms with E-state index in [1.807, 2.05) is 13.0 Å². The van der Waals surface area contributed by atoms with Crippen LogP contribution in [0.4, 0.5) is 14.6 Å². The van der Waals surface area contributed by atoms with Crippen LogP contribution in [0, 0.1) is 18.6 Å². The first kappa shape index (κ1) is 12.5. The van der Waals surface area contributed by atoms with Gasteiger partial charge in [0.05, 0.1) is 6.04 Å². The number of aromatic nitrogens is 1. The fourth-order valence-corrected chi connectivity index (χ4v) is 1.66. The molecular weight excluding hydrogens is 234 g/mol. The van der Waals surface area contributed by atoms with E-state index in [1.54, 1.807) is 13.0 Å². The van der Waals surface area contributed by atoms with Gasteiger partial charge in [-0.3, -0.25) is 0 Å². The maximum Gasteiger partial charge on any atom is 0.165 e. The van der Waals surface area contributed by atoms with Gasteiger partial charge in [0, 0.05) is 6.20 Å². The van der Waals surface area contributed by atoms with E-state index in [0.29, 0.717) is 5.56 Å². The Hall–Kier alpha value is -1.97. The molecule has 0 amide bonds. The highest BCUT2D eigenvalue weighted by Crippen LogP contribution is 2.21. The summed E-state index contributed by atoms with van der Waals surface area (Å²) in [6, 6.07) is 7.61. The maximum absolute atomic E-state index is 13.4. The van der Waals surface area contributed by atoms with Gasteiger partial charge in [-0.25, -0.2) is 13.8 Å². The molecule has 0 spiro atoms. The molecule has 1 N–H and O–H groups in total. The number of benzene rings is 1. The van der Waals surface area contributed by atoms with Gasteiger partial charge in [-0.05, 0) is 43.2 Å². The molecule has 1 heterocycles. The summed E-state index contributed by atoms with van der Waals surface area (Å²) in [5.41, 5.74) is 1.35. The summed E-state index contributed by atoms with van der Waals surface area (Å²) >= 11 is 0. The highest BCUT2D eigenvalue weighted by atomic mass is 19.1. The smallest absolute Gasteiger partial charge is 0.165 e. The largest absolute Gasteiger partial charge is 0.361 e.